The third-order valence-corrected chi connectivity index (χ3v) is 4.55. The summed E-state index contributed by atoms with van der Waals surface area (Å²) >= 11 is 7.41. The summed E-state index contributed by atoms with van der Waals surface area (Å²) in [6.07, 6.45) is 3.35. The van der Waals surface area contributed by atoms with Crippen LogP contribution in [0.5, 0.6) is 0 Å². The summed E-state index contributed by atoms with van der Waals surface area (Å²) in [6, 6.07) is 16.0. The number of amides is 2. The summed E-state index contributed by atoms with van der Waals surface area (Å²) < 4.78 is 1.72. The molecule has 0 radical (unpaired) electrons. The molecule has 0 atom stereocenters. The molecule has 3 aromatic rings. The van der Waals surface area contributed by atoms with Crippen molar-refractivity contribution in [2.45, 2.75) is 5.16 Å². The molecule has 2 N–H and O–H groups in total. The van der Waals surface area contributed by atoms with Gasteiger partial charge in [-0.1, -0.05) is 53.7 Å². The first-order valence-corrected chi connectivity index (χ1v) is 9.24. The number of hydrogen-bond donors (Lipinski definition) is 2. The van der Waals surface area contributed by atoms with Crippen molar-refractivity contribution in [3.63, 3.8) is 0 Å². The van der Waals surface area contributed by atoms with E-state index in [2.05, 4.69) is 15.8 Å². The van der Waals surface area contributed by atoms with Crippen LogP contribution in [0.1, 0.15) is 20.8 Å². The van der Waals surface area contributed by atoms with Crippen molar-refractivity contribution in [2.75, 3.05) is 6.26 Å². The first kappa shape index (κ1) is 18.0. The van der Waals surface area contributed by atoms with Crippen LogP contribution in [0.15, 0.2) is 66.0 Å². The summed E-state index contributed by atoms with van der Waals surface area (Å²) in [5, 5.41) is 0.969. The lowest BCUT2D eigenvalue weighted by molar-refractivity contribution is 0.0842. The second-order valence-electron chi connectivity index (χ2n) is 5.19. The van der Waals surface area contributed by atoms with E-state index in [1.807, 2.05) is 36.6 Å². The van der Waals surface area contributed by atoms with Gasteiger partial charge in [0.05, 0.1) is 16.8 Å². The number of para-hydroxylation sites is 1. The van der Waals surface area contributed by atoms with Crippen molar-refractivity contribution < 1.29 is 9.59 Å². The topological polar surface area (TPSA) is 76.0 Å². The second kappa shape index (κ2) is 8.07. The molecule has 0 fully saturated rings. The van der Waals surface area contributed by atoms with Gasteiger partial charge in [0, 0.05) is 5.69 Å². The number of nitrogens with zero attached hydrogens (tertiary/aromatic N) is 2. The summed E-state index contributed by atoms with van der Waals surface area (Å²) in [7, 11) is 0. The number of imidazole rings is 1. The molecule has 2 amide bonds. The number of carbonyl (C=O) groups is 2. The van der Waals surface area contributed by atoms with E-state index in [1.54, 1.807) is 28.8 Å². The molecule has 0 unspecified atom stereocenters. The summed E-state index contributed by atoms with van der Waals surface area (Å²) in [5.41, 5.74) is 6.16. The van der Waals surface area contributed by atoms with Gasteiger partial charge in [0.15, 0.2) is 5.16 Å². The Bertz CT molecular complexity index is 943. The number of thioether (sulfide) groups is 1. The monoisotopic (exact) mass is 386 g/mol. The Kier molecular flexibility index (Phi) is 5.60. The molecular weight excluding hydrogens is 372 g/mol. The highest BCUT2D eigenvalue weighted by Gasteiger charge is 2.18. The zero-order valence-electron chi connectivity index (χ0n) is 13.8. The molecule has 6 nitrogen and oxygen atoms in total. The van der Waals surface area contributed by atoms with E-state index in [0.29, 0.717) is 15.9 Å². The molecule has 2 aromatic carbocycles. The maximum atomic E-state index is 12.6. The fraction of sp³-hybridized carbons (Fsp3) is 0.0556. The lowest BCUT2D eigenvalue weighted by atomic mass is 10.2. The van der Waals surface area contributed by atoms with Crippen LogP contribution in [0.3, 0.4) is 0 Å². The number of rotatable bonds is 4. The molecule has 0 saturated heterocycles. The second-order valence-corrected chi connectivity index (χ2v) is 6.37. The van der Waals surface area contributed by atoms with Crippen LogP contribution in [0.4, 0.5) is 0 Å². The first-order valence-electron chi connectivity index (χ1n) is 7.64. The number of aromatic nitrogens is 2. The highest BCUT2D eigenvalue weighted by Crippen LogP contribution is 2.21. The molecular formula is C18H15ClN4O2S. The van der Waals surface area contributed by atoms with Gasteiger partial charge >= 0.3 is 0 Å². The number of carbonyl (C=O) groups excluding carboxylic acids is 2. The minimum absolute atomic E-state index is 0.274. The van der Waals surface area contributed by atoms with E-state index in [4.69, 9.17) is 11.6 Å². The van der Waals surface area contributed by atoms with Gasteiger partial charge in [-0.2, -0.15) is 0 Å². The molecule has 0 spiro atoms. The van der Waals surface area contributed by atoms with Crippen molar-refractivity contribution in [3.8, 4) is 5.69 Å². The number of halogens is 1. The lowest BCUT2D eigenvalue weighted by Gasteiger charge is -2.12. The van der Waals surface area contributed by atoms with Gasteiger partial charge in [-0.3, -0.25) is 25.0 Å². The van der Waals surface area contributed by atoms with Crippen LogP contribution in [-0.4, -0.2) is 27.6 Å². The molecule has 0 saturated carbocycles. The molecule has 0 bridgehead atoms. The highest BCUT2D eigenvalue weighted by atomic mass is 35.5. The smallest absolute Gasteiger partial charge is 0.283 e. The Morgan fingerprint density at radius 2 is 1.65 bits per heavy atom. The van der Waals surface area contributed by atoms with Crippen LogP contribution < -0.4 is 10.9 Å². The normalized spacial score (nSPS) is 10.4. The maximum absolute atomic E-state index is 12.6. The average Bonchev–Trinajstić information content (AvgIpc) is 3.11. The average molecular weight is 387 g/mol. The van der Waals surface area contributed by atoms with Crippen molar-refractivity contribution in [3.05, 3.63) is 77.1 Å². The fourth-order valence-corrected chi connectivity index (χ4v) is 3.12. The Morgan fingerprint density at radius 3 is 2.35 bits per heavy atom. The Morgan fingerprint density at radius 1 is 1.00 bits per heavy atom. The van der Waals surface area contributed by atoms with Gasteiger partial charge in [-0.05, 0) is 30.5 Å². The van der Waals surface area contributed by atoms with Gasteiger partial charge in [0.25, 0.3) is 11.8 Å². The van der Waals surface area contributed by atoms with E-state index < -0.39 is 11.8 Å². The van der Waals surface area contributed by atoms with Gasteiger partial charge in [0.2, 0.25) is 0 Å². The number of hydrogen-bond acceptors (Lipinski definition) is 4. The van der Waals surface area contributed by atoms with E-state index in [9.17, 15) is 9.59 Å². The van der Waals surface area contributed by atoms with Gasteiger partial charge in [-0.15, -0.1) is 0 Å². The van der Waals surface area contributed by atoms with E-state index in [-0.39, 0.29) is 5.56 Å². The van der Waals surface area contributed by atoms with E-state index >= 15 is 0 Å². The van der Waals surface area contributed by atoms with Crippen molar-refractivity contribution in [1.29, 1.82) is 0 Å². The van der Waals surface area contributed by atoms with Crippen LogP contribution in [0, 0.1) is 0 Å². The standard InChI is InChI=1S/C18H15ClN4O2S/c1-26-18-20-11-15(23(18)12-7-3-2-4-8-12)17(25)22-21-16(24)13-9-5-6-10-14(13)19/h2-11H,1H3,(H,21,24)(H,22,25). The van der Waals surface area contributed by atoms with Crippen molar-refractivity contribution in [2.24, 2.45) is 0 Å². The predicted octanol–water partition coefficient (Wildman–Crippen LogP) is 3.32. The largest absolute Gasteiger partial charge is 0.288 e. The number of nitrogens with one attached hydrogen (secondary N) is 2. The van der Waals surface area contributed by atoms with Crippen LogP contribution in [0.2, 0.25) is 5.02 Å². The highest BCUT2D eigenvalue weighted by molar-refractivity contribution is 7.98. The third kappa shape index (κ3) is 3.74. The summed E-state index contributed by atoms with van der Waals surface area (Å²) in [4.78, 5) is 29.0. The quantitative estimate of drug-likeness (QED) is 0.532. The van der Waals surface area contributed by atoms with Crippen LogP contribution in [-0.2, 0) is 0 Å². The van der Waals surface area contributed by atoms with Crippen LogP contribution in [0.25, 0.3) is 5.69 Å². The SMILES string of the molecule is CSc1ncc(C(=O)NNC(=O)c2ccccc2Cl)n1-c1ccccc1. The van der Waals surface area contributed by atoms with Crippen LogP contribution >= 0.6 is 23.4 Å². The maximum Gasteiger partial charge on any atom is 0.288 e. The first-order chi connectivity index (χ1) is 12.6. The Labute approximate surface area is 159 Å². The fourth-order valence-electron chi connectivity index (χ4n) is 2.36. The minimum Gasteiger partial charge on any atom is -0.283 e. The van der Waals surface area contributed by atoms with Gasteiger partial charge < -0.3 is 0 Å². The molecule has 1 aromatic heterocycles. The molecule has 8 heteroatoms. The minimum atomic E-state index is -0.500. The molecule has 132 valence electrons. The molecule has 0 aliphatic rings. The van der Waals surface area contributed by atoms with Crippen molar-refractivity contribution in [1.82, 2.24) is 20.4 Å². The lowest BCUT2D eigenvalue weighted by Crippen LogP contribution is -2.42. The van der Waals surface area contributed by atoms with E-state index in [0.717, 1.165) is 5.69 Å². The van der Waals surface area contributed by atoms with Crippen molar-refractivity contribution >= 4 is 35.2 Å². The Balaban J connectivity index is 1.80. The Hall–Kier alpha value is -2.77. The molecule has 1 heterocycles. The van der Waals surface area contributed by atoms with Gasteiger partial charge in [0.1, 0.15) is 5.69 Å². The number of benzene rings is 2. The zero-order valence-corrected chi connectivity index (χ0v) is 15.3. The zero-order chi connectivity index (χ0) is 18.5. The summed E-state index contributed by atoms with van der Waals surface area (Å²) in [6.45, 7) is 0. The number of hydrazine groups is 1. The summed E-state index contributed by atoms with van der Waals surface area (Å²) in [5.74, 6) is -0.984. The molecule has 26 heavy (non-hydrogen) atoms. The van der Waals surface area contributed by atoms with E-state index in [1.165, 1.54) is 18.0 Å². The molecule has 0 aliphatic carbocycles. The van der Waals surface area contributed by atoms with Gasteiger partial charge in [-0.25, -0.2) is 4.98 Å². The molecule has 0 aliphatic heterocycles. The molecule has 3 rings (SSSR count). The third-order valence-electron chi connectivity index (χ3n) is 3.57. The predicted molar refractivity (Wildman–Crippen MR) is 102 cm³/mol.